The maximum Gasteiger partial charge on any atom is 0.257 e. The molecule has 4 heteroatoms. The monoisotopic (exact) mass is 304 g/mol. The number of piperidine rings is 1. The van der Waals surface area contributed by atoms with Crippen molar-refractivity contribution >= 4 is 5.91 Å². The standard InChI is InChI=1S/C18H28N2O2/c1-15-7-5-9-17(13-15)22-14-18(21)19-10-6-12-20-11-4-3-8-16(20)2/h5,7,9,13,16H,3-4,6,8,10-12,14H2,1-2H3,(H,19,21). The molecule has 1 fully saturated rings. The van der Waals surface area contributed by atoms with E-state index in [1.165, 1.54) is 25.8 Å². The van der Waals surface area contributed by atoms with Gasteiger partial charge in [-0.25, -0.2) is 0 Å². The third-order valence-corrected chi connectivity index (χ3v) is 4.24. The van der Waals surface area contributed by atoms with Gasteiger partial charge in [-0.2, -0.15) is 0 Å². The fourth-order valence-electron chi connectivity index (χ4n) is 2.90. The lowest BCUT2D eigenvalue weighted by molar-refractivity contribution is -0.123. The van der Waals surface area contributed by atoms with Gasteiger partial charge in [0.25, 0.3) is 5.91 Å². The van der Waals surface area contributed by atoms with Crippen LogP contribution in [0.25, 0.3) is 0 Å². The zero-order chi connectivity index (χ0) is 15.8. The van der Waals surface area contributed by atoms with Gasteiger partial charge in [-0.05, 0) is 57.4 Å². The molecule has 0 saturated carbocycles. The number of nitrogens with one attached hydrogen (secondary N) is 1. The summed E-state index contributed by atoms with van der Waals surface area (Å²) in [7, 11) is 0. The van der Waals surface area contributed by atoms with E-state index in [1.807, 2.05) is 31.2 Å². The molecule has 22 heavy (non-hydrogen) atoms. The number of hydrogen-bond donors (Lipinski definition) is 1. The average Bonchev–Trinajstić information content (AvgIpc) is 2.51. The molecule has 1 N–H and O–H groups in total. The molecule has 1 aliphatic heterocycles. The minimum atomic E-state index is -0.0480. The molecule has 0 aromatic heterocycles. The van der Waals surface area contributed by atoms with Gasteiger partial charge in [-0.1, -0.05) is 18.6 Å². The van der Waals surface area contributed by atoms with Gasteiger partial charge < -0.3 is 15.0 Å². The quantitative estimate of drug-likeness (QED) is 0.788. The van der Waals surface area contributed by atoms with E-state index in [9.17, 15) is 4.79 Å². The molecule has 1 aliphatic rings. The van der Waals surface area contributed by atoms with Crippen molar-refractivity contribution in [2.75, 3.05) is 26.2 Å². The van der Waals surface area contributed by atoms with Crippen molar-refractivity contribution in [2.45, 2.75) is 45.6 Å². The predicted molar refractivity (Wildman–Crippen MR) is 89.2 cm³/mol. The molecule has 0 spiro atoms. The molecule has 1 saturated heterocycles. The highest BCUT2D eigenvalue weighted by atomic mass is 16.5. The lowest BCUT2D eigenvalue weighted by atomic mass is 10.0. The van der Waals surface area contributed by atoms with Crippen LogP contribution in [0.4, 0.5) is 0 Å². The van der Waals surface area contributed by atoms with Gasteiger partial charge in [0.15, 0.2) is 6.61 Å². The van der Waals surface area contributed by atoms with E-state index in [2.05, 4.69) is 17.1 Å². The van der Waals surface area contributed by atoms with E-state index in [4.69, 9.17) is 4.74 Å². The second-order valence-corrected chi connectivity index (χ2v) is 6.19. The van der Waals surface area contributed by atoms with Crippen LogP contribution >= 0.6 is 0 Å². The minimum absolute atomic E-state index is 0.0480. The van der Waals surface area contributed by atoms with Crippen LogP contribution in [0, 0.1) is 6.92 Å². The fourth-order valence-corrected chi connectivity index (χ4v) is 2.90. The molecule has 2 rings (SSSR count). The van der Waals surface area contributed by atoms with Gasteiger partial charge >= 0.3 is 0 Å². The number of benzene rings is 1. The molecule has 4 nitrogen and oxygen atoms in total. The third-order valence-electron chi connectivity index (χ3n) is 4.24. The van der Waals surface area contributed by atoms with Crippen LogP contribution < -0.4 is 10.1 Å². The molecular weight excluding hydrogens is 276 g/mol. The molecule has 122 valence electrons. The zero-order valence-corrected chi connectivity index (χ0v) is 13.8. The Labute approximate surface area is 133 Å². The van der Waals surface area contributed by atoms with Crippen molar-refractivity contribution in [2.24, 2.45) is 0 Å². The number of rotatable bonds is 7. The minimum Gasteiger partial charge on any atom is -0.484 e. The van der Waals surface area contributed by atoms with Gasteiger partial charge in [0.2, 0.25) is 0 Å². The number of carbonyl (C=O) groups is 1. The summed E-state index contributed by atoms with van der Waals surface area (Å²) < 4.78 is 5.49. The summed E-state index contributed by atoms with van der Waals surface area (Å²) in [6.07, 6.45) is 4.96. The summed E-state index contributed by atoms with van der Waals surface area (Å²) in [5.41, 5.74) is 1.13. The summed E-state index contributed by atoms with van der Waals surface area (Å²) in [5.74, 6) is 0.700. The number of ether oxygens (including phenoxy) is 1. The first-order valence-corrected chi connectivity index (χ1v) is 8.35. The first-order valence-electron chi connectivity index (χ1n) is 8.35. The highest BCUT2D eigenvalue weighted by molar-refractivity contribution is 5.77. The van der Waals surface area contributed by atoms with Crippen molar-refractivity contribution in [1.82, 2.24) is 10.2 Å². The van der Waals surface area contributed by atoms with E-state index < -0.39 is 0 Å². The van der Waals surface area contributed by atoms with Gasteiger partial charge in [0, 0.05) is 19.1 Å². The maximum absolute atomic E-state index is 11.8. The number of hydrogen-bond acceptors (Lipinski definition) is 3. The fraction of sp³-hybridized carbons (Fsp3) is 0.611. The van der Waals surface area contributed by atoms with Crippen molar-refractivity contribution in [3.63, 3.8) is 0 Å². The lowest BCUT2D eigenvalue weighted by Crippen LogP contribution is -2.39. The molecular formula is C18H28N2O2. The van der Waals surface area contributed by atoms with E-state index >= 15 is 0 Å². The number of nitrogens with zero attached hydrogens (tertiary/aromatic N) is 1. The van der Waals surface area contributed by atoms with E-state index in [1.54, 1.807) is 0 Å². The molecule has 1 heterocycles. The smallest absolute Gasteiger partial charge is 0.257 e. The molecule has 1 amide bonds. The van der Waals surface area contributed by atoms with Crippen molar-refractivity contribution in [3.8, 4) is 5.75 Å². The Morgan fingerprint density at radius 3 is 3.05 bits per heavy atom. The van der Waals surface area contributed by atoms with Gasteiger partial charge in [-0.15, -0.1) is 0 Å². The summed E-state index contributed by atoms with van der Waals surface area (Å²) in [5, 5.41) is 2.93. The van der Waals surface area contributed by atoms with E-state index in [0.717, 1.165) is 30.8 Å². The Hall–Kier alpha value is -1.55. The Morgan fingerprint density at radius 1 is 1.41 bits per heavy atom. The van der Waals surface area contributed by atoms with Crippen LogP contribution in [0.1, 0.15) is 38.2 Å². The van der Waals surface area contributed by atoms with Crippen LogP contribution in [-0.4, -0.2) is 43.1 Å². The Bertz CT molecular complexity index is 476. The average molecular weight is 304 g/mol. The molecule has 1 atom stereocenters. The Morgan fingerprint density at radius 2 is 2.27 bits per heavy atom. The molecule has 0 aliphatic carbocycles. The highest BCUT2D eigenvalue weighted by Crippen LogP contribution is 2.16. The summed E-state index contributed by atoms with van der Waals surface area (Å²) in [6.45, 7) is 7.39. The summed E-state index contributed by atoms with van der Waals surface area (Å²) in [4.78, 5) is 14.3. The zero-order valence-electron chi connectivity index (χ0n) is 13.8. The highest BCUT2D eigenvalue weighted by Gasteiger charge is 2.17. The van der Waals surface area contributed by atoms with Crippen LogP contribution in [0.2, 0.25) is 0 Å². The second-order valence-electron chi connectivity index (χ2n) is 6.19. The van der Waals surface area contributed by atoms with Crippen LogP contribution in [-0.2, 0) is 4.79 Å². The molecule has 0 radical (unpaired) electrons. The normalized spacial score (nSPS) is 18.9. The Kier molecular flexibility index (Phi) is 6.72. The number of likely N-dealkylation sites (tertiary alicyclic amines) is 1. The van der Waals surface area contributed by atoms with Crippen LogP contribution in [0.5, 0.6) is 5.75 Å². The largest absolute Gasteiger partial charge is 0.484 e. The van der Waals surface area contributed by atoms with Crippen molar-refractivity contribution < 1.29 is 9.53 Å². The third kappa shape index (κ3) is 5.68. The molecule has 1 unspecified atom stereocenters. The van der Waals surface area contributed by atoms with Crippen molar-refractivity contribution in [1.29, 1.82) is 0 Å². The number of aryl methyl sites for hydroxylation is 1. The van der Waals surface area contributed by atoms with Crippen LogP contribution in [0.3, 0.4) is 0 Å². The first-order chi connectivity index (χ1) is 10.6. The summed E-state index contributed by atoms with van der Waals surface area (Å²) >= 11 is 0. The van der Waals surface area contributed by atoms with Crippen molar-refractivity contribution in [3.05, 3.63) is 29.8 Å². The van der Waals surface area contributed by atoms with Gasteiger partial charge in [0.1, 0.15) is 5.75 Å². The molecule has 1 aromatic carbocycles. The lowest BCUT2D eigenvalue weighted by Gasteiger charge is -2.33. The maximum atomic E-state index is 11.8. The van der Waals surface area contributed by atoms with Gasteiger partial charge in [-0.3, -0.25) is 4.79 Å². The van der Waals surface area contributed by atoms with E-state index in [-0.39, 0.29) is 12.5 Å². The second kappa shape index (κ2) is 8.79. The van der Waals surface area contributed by atoms with E-state index in [0.29, 0.717) is 6.04 Å². The topological polar surface area (TPSA) is 41.6 Å². The number of amides is 1. The number of carbonyl (C=O) groups excluding carboxylic acids is 1. The first kappa shape index (κ1) is 16.8. The molecule has 1 aromatic rings. The SMILES string of the molecule is Cc1cccc(OCC(=O)NCCCN2CCCCC2C)c1. The molecule has 0 bridgehead atoms. The Balaban J connectivity index is 1.57. The van der Waals surface area contributed by atoms with Gasteiger partial charge in [0.05, 0.1) is 0 Å². The van der Waals surface area contributed by atoms with Crippen LogP contribution in [0.15, 0.2) is 24.3 Å². The predicted octanol–water partition coefficient (Wildman–Crippen LogP) is 2.75. The summed E-state index contributed by atoms with van der Waals surface area (Å²) in [6, 6.07) is 8.44.